The van der Waals surface area contributed by atoms with E-state index in [1.807, 2.05) is 45.9 Å². The van der Waals surface area contributed by atoms with Crippen LogP contribution in [0, 0.1) is 25.5 Å². The van der Waals surface area contributed by atoms with Crippen molar-refractivity contribution >= 4 is 40.3 Å². The smallest absolute Gasteiger partial charge is 0.201 e. The van der Waals surface area contributed by atoms with E-state index in [2.05, 4.69) is 25.0 Å². The number of aromatic nitrogens is 3. The Bertz CT molecular complexity index is 1330. The molecule has 170 valence electrons. The number of anilines is 2. The Balaban J connectivity index is 1.70. The lowest BCUT2D eigenvalue weighted by Crippen LogP contribution is -2.13. The molecular weight excluding hydrogens is 444 g/mol. The molecule has 0 saturated carbocycles. The van der Waals surface area contributed by atoms with Crippen molar-refractivity contribution in [2.75, 3.05) is 10.0 Å². The molecule has 33 heavy (non-hydrogen) atoms. The zero-order valence-corrected chi connectivity index (χ0v) is 19.4. The second-order valence-corrected chi connectivity index (χ2v) is 8.97. The van der Waals surface area contributed by atoms with Crippen molar-refractivity contribution in [3.63, 3.8) is 0 Å². The van der Waals surface area contributed by atoms with Gasteiger partial charge in [0.15, 0.2) is 5.82 Å². The molecule has 4 aromatic rings. The maximum Gasteiger partial charge on any atom is 0.201 e. The van der Waals surface area contributed by atoms with Gasteiger partial charge in [0.2, 0.25) is 5.78 Å². The van der Waals surface area contributed by atoms with Crippen molar-refractivity contribution < 1.29 is 13.6 Å². The van der Waals surface area contributed by atoms with E-state index in [0.29, 0.717) is 16.9 Å². The van der Waals surface area contributed by atoms with Crippen molar-refractivity contribution in [2.45, 2.75) is 38.6 Å². The molecule has 2 aromatic heterocycles. The number of hydrogen-bond acceptors (Lipinski definition) is 6. The molecule has 9 heteroatoms. The summed E-state index contributed by atoms with van der Waals surface area (Å²) in [6.45, 7) is 7.78. The number of fused-ring (bicyclic) bond motifs is 1. The fraction of sp³-hybridized carbons (Fsp3) is 0.208. The Kier molecular flexibility index (Phi) is 6.33. The number of rotatable bonds is 7. The molecule has 0 aliphatic carbocycles. The normalized spacial score (nSPS) is 11.2. The maximum absolute atomic E-state index is 15.4. The van der Waals surface area contributed by atoms with Gasteiger partial charge in [0, 0.05) is 17.1 Å². The largest absolute Gasteiger partial charge is 0.367 e. The van der Waals surface area contributed by atoms with Crippen LogP contribution >= 0.6 is 11.9 Å². The molecule has 0 amide bonds. The van der Waals surface area contributed by atoms with Gasteiger partial charge < -0.3 is 15.0 Å². The average molecular weight is 468 g/mol. The number of aryl methyl sites for hydroxylation is 2. The van der Waals surface area contributed by atoms with E-state index in [9.17, 15) is 9.18 Å². The van der Waals surface area contributed by atoms with Gasteiger partial charge in [-0.2, -0.15) is 0 Å². The Morgan fingerprint density at radius 3 is 2.52 bits per heavy atom. The number of halogens is 2. The van der Waals surface area contributed by atoms with E-state index in [1.165, 1.54) is 30.5 Å². The van der Waals surface area contributed by atoms with Crippen molar-refractivity contribution in [3.05, 3.63) is 76.7 Å². The third-order valence-corrected chi connectivity index (χ3v) is 5.73. The van der Waals surface area contributed by atoms with Crippen LogP contribution in [0.15, 0.2) is 47.8 Å². The molecule has 0 saturated heterocycles. The first-order valence-corrected chi connectivity index (χ1v) is 11.2. The van der Waals surface area contributed by atoms with Crippen LogP contribution in [0.3, 0.4) is 0 Å². The molecule has 3 N–H and O–H groups in total. The molecule has 0 aliphatic heterocycles. The standard InChI is InChI=1S/C24H23F2N5OS/c1-12(2)30-24-19-16(10-27-23(19)28-11-29-24)22(32)20-17(25)5-6-18(21(20)26)31-33-15-8-13(3)7-14(4)9-15/h5-12,31H,1-4H3,(H2,27,28,29,30). The molecule has 6 nitrogen and oxygen atoms in total. The molecule has 0 spiro atoms. The van der Waals surface area contributed by atoms with Crippen LogP contribution < -0.4 is 10.0 Å². The molecule has 2 heterocycles. The van der Waals surface area contributed by atoms with Gasteiger partial charge in [-0.25, -0.2) is 18.7 Å². The lowest BCUT2D eigenvalue weighted by atomic mass is 10.0. The van der Waals surface area contributed by atoms with Gasteiger partial charge in [-0.05, 0) is 75.0 Å². The monoisotopic (exact) mass is 467 g/mol. The molecule has 2 aromatic carbocycles. The van der Waals surface area contributed by atoms with Gasteiger partial charge in [-0.15, -0.1) is 0 Å². The third kappa shape index (κ3) is 4.68. The molecule has 0 aliphatic rings. The number of carbonyl (C=O) groups is 1. The molecular formula is C24H23F2N5OS. The summed E-state index contributed by atoms with van der Waals surface area (Å²) in [7, 11) is 0. The predicted octanol–water partition coefficient (Wildman–Crippen LogP) is 6.02. The van der Waals surface area contributed by atoms with E-state index in [4.69, 9.17) is 0 Å². The maximum atomic E-state index is 15.4. The van der Waals surface area contributed by atoms with E-state index >= 15 is 4.39 Å². The topological polar surface area (TPSA) is 82.7 Å². The summed E-state index contributed by atoms with van der Waals surface area (Å²) in [4.78, 5) is 25.4. The first-order valence-electron chi connectivity index (χ1n) is 10.4. The predicted molar refractivity (Wildman–Crippen MR) is 128 cm³/mol. The Morgan fingerprint density at radius 1 is 1.09 bits per heavy atom. The van der Waals surface area contributed by atoms with Gasteiger partial charge in [0.25, 0.3) is 0 Å². The van der Waals surface area contributed by atoms with E-state index in [-0.39, 0.29) is 17.3 Å². The zero-order chi connectivity index (χ0) is 23.7. The van der Waals surface area contributed by atoms with Crippen LogP contribution in [0.5, 0.6) is 0 Å². The summed E-state index contributed by atoms with van der Waals surface area (Å²) in [6, 6.07) is 8.33. The van der Waals surface area contributed by atoms with E-state index < -0.39 is 23.0 Å². The van der Waals surface area contributed by atoms with Crippen LogP contribution in [0.4, 0.5) is 20.3 Å². The minimum absolute atomic E-state index is 0.0144. The number of nitrogens with one attached hydrogen (secondary N) is 3. The highest BCUT2D eigenvalue weighted by molar-refractivity contribution is 8.00. The number of benzene rings is 2. The van der Waals surface area contributed by atoms with Crippen LogP contribution in [-0.2, 0) is 0 Å². The summed E-state index contributed by atoms with van der Waals surface area (Å²) in [5.41, 5.74) is 2.01. The lowest BCUT2D eigenvalue weighted by Gasteiger charge is -2.12. The molecule has 0 unspecified atom stereocenters. The van der Waals surface area contributed by atoms with Gasteiger partial charge in [-0.1, -0.05) is 6.07 Å². The number of H-pyrrole nitrogens is 1. The third-order valence-electron chi connectivity index (χ3n) is 4.93. The van der Waals surface area contributed by atoms with Crippen molar-refractivity contribution in [1.82, 2.24) is 15.0 Å². The second kappa shape index (κ2) is 9.19. The Labute approximate surface area is 194 Å². The van der Waals surface area contributed by atoms with E-state index in [0.717, 1.165) is 22.1 Å². The molecule has 4 rings (SSSR count). The highest BCUT2D eigenvalue weighted by atomic mass is 32.2. The van der Waals surface area contributed by atoms with Crippen molar-refractivity contribution in [2.24, 2.45) is 0 Å². The SMILES string of the molecule is Cc1cc(C)cc(SNc2ccc(F)c(C(=O)c3c[nH]c4ncnc(NC(C)C)c34)c2F)c1. The number of hydrogen-bond donors (Lipinski definition) is 3. The average Bonchev–Trinajstić information content (AvgIpc) is 3.17. The first kappa shape index (κ1) is 22.7. The summed E-state index contributed by atoms with van der Waals surface area (Å²) in [6.07, 6.45) is 2.75. The summed E-state index contributed by atoms with van der Waals surface area (Å²) < 4.78 is 33.0. The van der Waals surface area contributed by atoms with Crippen molar-refractivity contribution in [3.8, 4) is 0 Å². The van der Waals surface area contributed by atoms with Gasteiger partial charge in [0.05, 0.1) is 22.2 Å². The van der Waals surface area contributed by atoms with Crippen LogP contribution in [0.2, 0.25) is 0 Å². The van der Waals surface area contributed by atoms with Gasteiger partial charge >= 0.3 is 0 Å². The van der Waals surface area contributed by atoms with Gasteiger partial charge in [0.1, 0.15) is 23.6 Å². The quantitative estimate of drug-likeness (QED) is 0.228. The highest BCUT2D eigenvalue weighted by Crippen LogP contribution is 2.31. The van der Waals surface area contributed by atoms with Crippen molar-refractivity contribution in [1.29, 1.82) is 0 Å². The van der Waals surface area contributed by atoms with Crippen LogP contribution in [0.1, 0.15) is 40.9 Å². The number of carbonyl (C=O) groups excluding carboxylic acids is 1. The Hall–Kier alpha value is -3.46. The van der Waals surface area contributed by atoms with E-state index in [1.54, 1.807) is 0 Å². The number of aromatic amines is 1. The molecule has 0 atom stereocenters. The summed E-state index contributed by atoms with van der Waals surface area (Å²) >= 11 is 1.19. The highest BCUT2D eigenvalue weighted by Gasteiger charge is 2.26. The minimum Gasteiger partial charge on any atom is -0.367 e. The number of ketones is 1. The molecule has 0 bridgehead atoms. The molecule has 0 fully saturated rings. The summed E-state index contributed by atoms with van der Waals surface area (Å²) in [5, 5.41) is 3.53. The number of nitrogens with zero attached hydrogens (tertiary/aromatic N) is 2. The molecule has 0 radical (unpaired) electrons. The first-order chi connectivity index (χ1) is 15.7. The fourth-order valence-corrected chi connectivity index (χ4v) is 4.48. The van der Waals surface area contributed by atoms with Crippen LogP contribution in [0.25, 0.3) is 11.0 Å². The zero-order valence-electron chi connectivity index (χ0n) is 18.6. The van der Waals surface area contributed by atoms with Gasteiger partial charge in [-0.3, -0.25) is 4.79 Å². The van der Waals surface area contributed by atoms with Crippen LogP contribution in [-0.4, -0.2) is 26.8 Å². The Morgan fingerprint density at radius 2 is 1.82 bits per heavy atom. The minimum atomic E-state index is -0.957. The summed E-state index contributed by atoms with van der Waals surface area (Å²) in [5.74, 6) is -2.27. The fourth-order valence-electron chi connectivity index (χ4n) is 3.60. The lowest BCUT2D eigenvalue weighted by molar-refractivity contribution is 0.103. The second-order valence-electron chi connectivity index (χ2n) is 8.09.